The SMILES string of the molecule is O=C(c1ccccc1Br)N(CCBr)C1CCCC1. The molecular weight excluding hydrogens is 358 g/mol. The van der Waals surface area contributed by atoms with E-state index in [0.717, 1.165) is 34.8 Å². The van der Waals surface area contributed by atoms with Gasteiger partial charge in [0, 0.05) is 22.4 Å². The van der Waals surface area contributed by atoms with E-state index >= 15 is 0 Å². The molecule has 0 heterocycles. The molecule has 1 aliphatic carbocycles. The molecular formula is C14H17Br2NO. The highest BCUT2D eigenvalue weighted by molar-refractivity contribution is 9.10. The summed E-state index contributed by atoms with van der Waals surface area (Å²) in [6.45, 7) is 0.783. The molecule has 1 saturated carbocycles. The van der Waals surface area contributed by atoms with Gasteiger partial charge in [0.2, 0.25) is 0 Å². The van der Waals surface area contributed by atoms with Crippen molar-refractivity contribution < 1.29 is 4.79 Å². The van der Waals surface area contributed by atoms with Crippen LogP contribution in [0.25, 0.3) is 0 Å². The number of alkyl halides is 1. The molecule has 1 aromatic carbocycles. The number of halogens is 2. The van der Waals surface area contributed by atoms with Crippen molar-refractivity contribution in [2.24, 2.45) is 0 Å². The fraction of sp³-hybridized carbons (Fsp3) is 0.500. The maximum Gasteiger partial charge on any atom is 0.255 e. The van der Waals surface area contributed by atoms with Gasteiger partial charge in [-0.15, -0.1) is 0 Å². The summed E-state index contributed by atoms with van der Waals surface area (Å²) < 4.78 is 0.882. The molecule has 1 amide bonds. The van der Waals surface area contributed by atoms with Crippen LogP contribution in [0.15, 0.2) is 28.7 Å². The molecule has 0 atom stereocenters. The molecule has 0 unspecified atom stereocenters. The van der Waals surface area contributed by atoms with Crippen LogP contribution in [0.2, 0.25) is 0 Å². The van der Waals surface area contributed by atoms with Crippen molar-refractivity contribution in [2.45, 2.75) is 31.7 Å². The topological polar surface area (TPSA) is 20.3 Å². The number of amides is 1. The Hall–Kier alpha value is -0.350. The van der Waals surface area contributed by atoms with Crippen molar-refractivity contribution in [1.29, 1.82) is 0 Å². The average Bonchev–Trinajstić information content (AvgIpc) is 2.89. The summed E-state index contributed by atoms with van der Waals surface area (Å²) in [6, 6.07) is 8.09. The van der Waals surface area contributed by atoms with E-state index in [1.807, 2.05) is 29.2 Å². The molecule has 0 bridgehead atoms. The Bertz CT molecular complexity index is 416. The van der Waals surface area contributed by atoms with Crippen LogP contribution < -0.4 is 0 Å². The lowest BCUT2D eigenvalue weighted by atomic mass is 10.1. The standard InChI is InChI=1S/C14H17Br2NO/c15-9-10-17(11-5-1-2-6-11)14(18)12-7-3-4-8-13(12)16/h3-4,7-8,11H,1-2,5-6,9-10H2. The average molecular weight is 375 g/mol. The summed E-state index contributed by atoms with van der Waals surface area (Å²) in [5, 5.41) is 0.833. The number of hydrogen-bond donors (Lipinski definition) is 0. The normalized spacial score (nSPS) is 15.9. The van der Waals surface area contributed by atoms with Gasteiger partial charge in [-0.2, -0.15) is 0 Å². The molecule has 0 saturated heterocycles. The van der Waals surface area contributed by atoms with E-state index in [1.165, 1.54) is 12.8 Å². The molecule has 18 heavy (non-hydrogen) atoms. The maximum absolute atomic E-state index is 12.6. The quantitative estimate of drug-likeness (QED) is 0.722. The predicted molar refractivity (Wildman–Crippen MR) is 81.2 cm³/mol. The minimum atomic E-state index is 0.147. The number of carbonyl (C=O) groups excluding carboxylic acids is 1. The highest BCUT2D eigenvalue weighted by Crippen LogP contribution is 2.26. The first kappa shape index (κ1) is 14.1. The van der Waals surface area contributed by atoms with Crippen molar-refractivity contribution in [1.82, 2.24) is 4.90 Å². The zero-order valence-corrected chi connectivity index (χ0v) is 13.4. The molecule has 2 rings (SSSR count). The van der Waals surface area contributed by atoms with Gasteiger partial charge in [0.25, 0.3) is 5.91 Å². The summed E-state index contributed by atoms with van der Waals surface area (Å²) in [4.78, 5) is 14.6. The van der Waals surface area contributed by atoms with Gasteiger partial charge in [-0.3, -0.25) is 4.79 Å². The van der Waals surface area contributed by atoms with Gasteiger partial charge in [0.1, 0.15) is 0 Å². The van der Waals surface area contributed by atoms with Crippen molar-refractivity contribution in [3.05, 3.63) is 34.3 Å². The van der Waals surface area contributed by atoms with Crippen LogP contribution in [0.5, 0.6) is 0 Å². The van der Waals surface area contributed by atoms with E-state index in [4.69, 9.17) is 0 Å². The first-order valence-corrected chi connectivity index (χ1v) is 8.27. The van der Waals surface area contributed by atoms with Gasteiger partial charge >= 0.3 is 0 Å². The lowest BCUT2D eigenvalue weighted by Gasteiger charge is -2.28. The Morgan fingerprint density at radius 3 is 2.56 bits per heavy atom. The first-order chi connectivity index (χ1) is 8.74. The van der Waals surface area contributed by atoms with Gasteiger partial charge in [-0.05, 0) is 40.9 Å². The van der Waals surface area contributed by atoms with Gasteiger partial charge in [-0.25, -0.2) is 0 Å². The summed E-state index contributed by atoms with van der Waals surface area (Å²) in [7, 11) is 0. The Morgan fingerprint density at radius 2 is 1.94 bits per heavy atom. The molecule has 0 N–H and O–H groups in total. The molecule has 1 fully saturated rings. The zero-order valence-electron chi connectivity index (χ0n) is 10.2. The van der Waals surface area contributed by atoms with Gasteiger partial charge in [-0.1, -0.05) is 40.9 Å². The van der Waals surface area contributed by atoms with E-state index in [-0.39, 0.29) is 5.91 Å². The van der Waals surface area contributed by atoms with Crippen LogP contribution in [-0.2, 0) is 0 Å². The second kappa shape index (κ2) is 6.71. The van der Waals surface area contributed by atoms with Crippen LogP contribution in [-0.4, -0.2) is 28.7 Å². The molecule has 1 aromatic rings. The molecule has 4 heteroatoms. The molecule has 0 aliphatic heterocycles. The summed E-state index contributed by atoms with van der Waals surface area (Å²) in [6.07, 6.45) is 4.77. The van der Waals surface area contributed by atoms with E-state index in [9.17, 15) is 4.79 Å². The molecule has 0 aromatic heterocycles. The van der Waals surface area contributed by atoms with Crippen LogP contribution in [0.4, 0.5) is 0 Å². The molecule has 1 aliphatic rings. The summed E-state index contributed by atoms with van der Waals surface area (Å²) in [5.74, 6) is 0.147. The van der Waals surface area contributed by atoms with Crippen molar-refractivity contribution in [2.75, 3.05) is 11.9 Å². The Labute approximate surface area is 125 Å². The molecule has 0 radical (unpaired) electrons. The Balaban J connectivity index is 2.20. The second-order valence-corrected chi connectivity index (χ2v) is 6.25. The first-order valence-electron chi connectivity index (χ1n) is 6.35. The predicted octanol–water partition coefficient (Wildman–Crippen LogP) is 4.23. The highest BCUT2D eigenvalue weighted by Gasteiger charge is 2.27. The third-order valence-corrected chi connectivity index (χ3v) is 4.50. The highest BCUT2D eigenvalue weighted by atomic mass is 79.9. The van der Waals surface area contributed by atoms with Crippen LogP contribution in [0, 0.1) is 0 Å². The maximum atomic E-state index is 12.6. The Kier molecular flexibility index (Phi) is 5.25. The Morgan fingerprint density at radius 1 is 1.28 bits per heavy atom. The molecule has 98 valence electrons. The van der Waals surface area contributed by atoms with Crippen LogP contribution >= 0.6 is 31.9 Å². The van der Waals surface area contributed by atoms with Crippen molar-refractivity contribution >= 4 is 37.8 Å². The monoisotopic (exact) mass is 373 g/mol. The fourth-order valence-electron chi connectivity index (χ4n) is 2.55. The van der Waals surface area contributed by atoms with Crippen LogP contribution in [0.1, 0.15) is 36.0 Å². The van der Waals surface area contributed by atoms with Crippen LogP contribution in [0.3, 0.4) is 0 Å². The lowest BCUT2D eigenvalue weighted by molar-refractivity contribution is 0.0695. The van der Waals surface area contributed by atoms with Crippen molar-refractivity contribution in [3.63, 3.8) is 0 Å². The molecule has 0 spiro atoms. The number of carbonyl (C=O) groups is 1. The zero-order chi connectivity index (χ0) is 13.0. The second-order valence-electron chi connectivity index (χ2n) is 4.61. The molecule has 2 nitrogen and oxygen atoms in total. The number of benzene rings is 1. The summed E-state index contributed by atoms with van der Waals surface area (Å²) >= 11 is 6.92. The summed E-state index contributed by atoms with van der Waals surface area (Å²) in [5.41, 5.74) is 0.769. The van der Waals surface area contributed by atoms with E-state index in [2.05, 4.69) is 31.9 Å². The number of nitrogens with zero attached hydrogens (tertiary/aromatic N) is 1. The fourth-order valence-corrected chi connectivity index (χ4v) is 3.38. The third-order valence-electron chi connectivity index (χ3n) is 3.46. The minimum absolute atomic E-state index is 0.147. The van der Waals surface area contributed by atoms with Crippen molar-refractivity contribution in [3.8, 4) is 0 Å². The van der Waals surface area contributed by atoms with E-state index in [1.54, 1.807) is 0 Å². The van der Waals surface area contributed by atoms with Gasteiger partial charge in [0.05, 0.1) is 5.56 Å². The van der Waals surface area contributed by atoms with E-state index in [0.29, 0.717) is 6.04 Å². The smallest absolute Gasteiger partial charge is 0.255 e. The third kappa shape index (κ3) is 3.15. The van der Waals surface area contributed by atoms with E-state index < -0.39 is 0 Å². The lowest BCUT2D eigenvalue weighted by Crippen LogP contribution is -2.40. The minimum Gasteiger partial charge on any atom is -0.335 e. The largest absolute Gasteiger partial charge is 0.335 e. The number of rotatable bonds is 4. The van der Waals surface area contributed by atoms with Gasteiger partial charge in [0.15, 0.2) is 0 Å². The number of hydrogen-bond acceptors (Lipinski definition) is 1. The van der Waals surface area contributed by atoms with Gasteiger partial charge < -0.3 is 4.90 Å².